The Morgan fingerprint density at radius 2 is 1.94 bits per heavy atom. The van der Waals surface area contributed by atoms with Gasteiger partial charge < -0.3 is 19.3 Å². The van der Waals surface area contributed by atoms with Crippen molar-refractivity contribution in [2.45, 2.75) is 12.5 Å². The van der Waals surface area contributed by atoms with Crippen LogP contribution in [0.25, 0.3) is 0 Å². The van der Waals surface area contributed by atoms with Crippen LogP contribution in [-0.4, -0.2) is 48.0 Å². The molecule has 33 heavy (non-hydrogen) atoms. The third-order valence-corrected chi connectivity index (χ3v) is 6.98. The van der Waals surface area contributed by atoms with Crippen molar-refractivity contribution in [2.75, 3.05) is 26.4 Å². The van der Waals surface area contributed by atoms with E-state index in [9.17, 15) is 9.59 Å². The first-order valence-corrected chi connectivity index (χ1v) is 11.7. The summed E-state index contributed by atoms with van der Waals surface area (Å²) in [5.74, 6) is 0.821. The summed E-state index contributed by atoms with van der Waals surface area (Å²) in [4.78, 5) is 31.6. The van der Waals surface area contributed by atoms with Gasteiger partial charge in [-0.25, -0.2) is 0 Å². The van der Waals surface area contributed by atoms with Crippen molar-refractivity contribution in [2.24, 2.45) is 0 Å². The molecule has 0 fully saturated rings. The summed E-state index contributed by atoms with van der Waals surface area (Å²) in [6.45, 7) is 4.78. The molecule has 3 aromatic rings. The molecule has 2 aliphatic heterocycles. The molecule has 1 unspecified atom stereocenters. The second-order valence-electron chi connectivity index (χ2n) is 7.99. The van der Waals surface area contributed by atoms with Gasteiger partial charge in [0, 0.05) is 23.5 Å². The Kier molecular flexibility index (Phi) is 5.88. The smallest absolute Gasteiger partial charge is 0.254 e. The normalized spacial score (nSPS) is 16.2. The highest BCUT2D eigenvalue weighted by Crippen LogP contribution is 2.38. The van der Waals surface area contributed by atoms with Crippen LogP contribution in [0.1, 0.15) is 32.4 Å². The molecule has 168 valence electrons. The number of hydrogen-bond donors (Lipinski definition) is 0. The number of thiophene rings is 1. The van der Waals surface area contributed by atoms with Gasteiger partial charge in [0.2, 0.25) is 12.7 Å². The van der Waals surface area contributed by atoms with Crippen LogP contribution >= 0.6 is 11.3 Å². The minimum atomic E-state index is -0.244. The van der Waals surface area contributed by atoms with Crippen LogP contribution in [0.4, 0.5) is 0 Å². The largest absolute Gasteiger partial charge is 0.454 e. The van der Waals surface area contributed by atoms with Gasteiger partial charge in [0.1, 0.15) is 6.54 Å². The topological polar surface area (TPSA) is 59.1 Å². The first-order chi connectivity index (χ1) is 16.2. The lowest BCUT2D eigenvalue weighted by molar-refractivity contribution is -0.133. The summed E-state index contributed by atoms with van der Waals surface area (Å²) in [6.07, 6.45) is 2.46. The van der Waals surface area contributed by atoms with Crippen LogP contribution in [0, 0.1) is 0 Å². The lowest BCUT2D eigenvalue weighted by Gasteiger charge is -2.37. The van der Waals surface area contributed by atoms with E-state index in [1.807, 2.05) is 23.1 Å². The molecule has 0 bridgehead atoms. The molecule has 6 nitrogen and oxygen atoms in total. The zero-order chi connectivity index (χ0) is 22.8. The van der Waals surface area contributed by atoms with Crippen molar-refractivity contribution in [1.29, 1.82) is 0 Å². The van der Waals surface area contributed by atoms with Gasteiger partial charge in [-0.3, -0.25) is 9.59 Å². The number of amides is 2. The van der Waals surface area contributed by atoms with Crippen molar-refractivity contribution in [1.82, 2.24) is 9.80 Å². The van der Waals surface area contributed by atoms with Crippen LogP contribution in [0.2, 0.25) is 0 Å². The molecular weight excluding hydrogens is 436 g/mol. The lowest BCUT2D eigenvalue weighted by atomic mass is 9.93. The van der Waals surface area contributed by atoms with E-state index in [-0.39, 0.29) is 37.7 Å². The van der Waals surface area contributed by atoms with Gasteiger partial charge in [0.05, 0.1) is 6.04 Å². The Morgan fingerprint density at radius 1 is 1.12 bits per heavy atom. The van der Waals surface area contributed by atoms with Crippen LogP contribution in [0.5, 0.6) is 11.5 Å². The standard InChI is InChI=1S/C26H24N2O4S/c1-2-12-27(26(30)19-8-9-21-22(15-19)32-17-31-21)16-24(29)28-13-10-23-20(11-14-33-23)25(28)18-6-4-3-5-7-18/h2-9,11,14-15,25H,1,10,12-13,16-17H2. The van der Waals surface area contributed by atoms with Crippen molar-refractivity contribution in [3.05, 3.63) is 94.2 Å². The van der Waals surface area contributed by atoms with Gasteiger partial charge in [0.15, 0.2) is 11.5 Å². The van der Waals surface area contributed by atoms with Gasteiger partial charge in [-0.1, -0.05) is 36.4 Å². The predicted molar refractivity (Wildman–Crippen MR) is 127 cm³/mol. The lowest BCUT2D eigenvalue weighted by Crippen LogP contribution is -2.46. The summed E-state index contributed by atoms with van der Waals surface area (Å²) in [7, 11) is 0. The van der Waals surface area contributed by atoms with Crippen molar-refractivity contribution < 1.29 is 19.1 Å². The molecule has 5 rings (SSSR count). The highest BCUT2D eigenvalue weighted by Gasteiger charge is 2.34. The zero-order valence-corrected chi connectivity index (χ0v) is 18.9. The number of hydrogen-bond acceptors (Lipinski definition) is 5. The van der Waals surface area contributed by atoms with Crippen LogP contribution < -0.4 is 9.47 Å². The average Bonchev–Trinajstić information content (AvgIpc) is 3.52. The molecule has 0 aliphatic carbocycles. The second kappa shape index (κ2) is 9.11. The fourth-order valence-electron chi connectivity index (χ4n) is 4.42. The van der Waals surface area contributed by atoms with Gasteiger partial charge in [-0.2, -0.15) is 0 Å². The zero-order valence-electron chi connectivity index (χ0n) is 18.1. The first kappa shape index (κ1) is 21.3. The van der Waals surface area contributed by atoms with Gasteiger partial charge in [0.25, 0.3) is 5.91 Å². The molecule has 7 heteroatoms. The predicted octanol–water partition coefficient (Wildman–Crippen LogP) is 4.28. The minimum Gasteiger partial charge on any atom is -0.454 e. The summed E-state index contributed by atoms with van der Waals surface area (Å²) < 4.78 is 10.7. The van der Waals surface area contributed by atoms with Crippen molar-refractivity contribution in [3.8, 4) is 11.5 Å². The molecule has 2 aromatic carbocycles. The van der Waals surface area contributed by atoms with E-state index in [0.29, 0.717) is 23.6 Å². The summed E-state index contributed by atoms with van der Waals surface area (Å²) in [5.41, 5.74) is 2.69. The maximum Gasteiger partial charge on any atom is 0.254 e. The molecule has 0 spiro atoms. The van der Waals surface area contributed by atoms with E-state index in [1.54, 1.807) is 35.6 Å². The molecule has 1 aromatic heterocycles. The number of carbonyl (C=O) groups excluding carboxylic acids is 2. The highest BCUT2D eigenvalue weighted by atomic mass is 32.1. The quantitative estimate of drug-likeness (QED) is 0.515. The Morgan fingerprint density at radius 3 is 2.76 bits per heavy atom. The maximum absolute atomic E-state index is 13.6. The Hall–Kier alpha value is -3.58. The second-order valence-corrected chi connectivity index (χ2v) is 8.99. The number of fused-ring (bicyclic) bond motifs is 2. The first-order valence-electron chi connectivity index (χ1n) is 10.9. The van der Waals surface area contributed by atoms with E-state index in [1.165, 1.54) is 15.3 Å². The molecule has 2 amide bonds. The van der Waals surface area contributed by atoms with Crippen molar-refractivity contribution in [3.63, 3.8) is 0 Å². The average molecular weight is 461 g/mol. The highest BCUT2D eigenvalue weighted by molar-refractivity contribution is 7.10. The third kappa shape index (κ3) is 4.12. The number of benzene rings is 2. The number of rotatable bonds is 6. The molecule has 0 saturated heterocycles. The minimum absolute atomic E-state index is 0.0257. The summed E-state index contributed by atoms with van der Waals surface area (Å²) >= 11 is 1.73. The number of nitrogens with zero attached hydrogens (tertiary/aromatic N) is 2. The van der Waals surface area contributed by atoms with Crippen molar-refractivity contribution >= 4 is 23.2 Å². The molecule has 0 saturated carbocycles. The molecule has 0 radical (unpaired) electrons. The van der Waals surface area contributed by atoms with Crippen LogP contribution in [0.3, 0.4) is 0 Å². The number of ether oxygens (including phenoxy) is 2. The molecule has 0 N–H and O–H groups in total. The monoisotopic (exact) mass is 460 g/mol. The Balaban J connectivity index is 1.40. The SMILES string of the molecule is C=CCN(CC(=O)N1CCc2sccc2C1c1ccccc1)C(=O)c1ccc2c(c1)OCO2. The van der Waals surface area contributed by atoms with Gasteiger partial charge in [-0.05, 0) is 47.2 Å². The summed E-state index contributed by atoms with van der Waals surface area (Å²) in [5, 5.41) is 2.09. The van der Waals surface area contributed by atoms with E-state index < -0.39 is 0 Å². The summed E-state index contributed by atoms with van der Waals surface area (Å²) in [6, 6.07) is 17.1. The van der Waals surface area contributed by atoms with Gasteiger partial charge in [-0.15, -0.1) is 17.9 Å². The fraction of sp³-hybridized carbons (Fsp3) is 0.231. The third-order valence-electron chi connectivity index (χ3n) is 5.98. The van der Waals surface area contributed by atoms with Gasteiger partial charge >= 0.3 is 0 Å². The Labute approximate surface area is 196 Å². The van der Waals surface area contributed by atoms with Crippen LogP contribution in [0.15, 0.2) is 72.6 Å². The van der Waals surface area contributed by atoms with E-state index in [2.05, 4.69) is 30.2 Å². The molecule has 1 atom stereocenters. The fourth-order valence-corrected chi connectivity index (χ4v) is 5.33. The van der Waals surface area contributed by atoms with E-state index >= 15 is 0 Å². The maximum atomic E-state index is 13.6. The molecule has 3 heterocycles. The molecular formula is C26H24N2O4S. The molecule has 2 aliphatic rings. The number of carbonyl (C=O) groups is 2. The van der Waals surface area contributed by atoms with E-state index in [4.69, 9.17) is 9.47 Å². The Bertz CT molecular complexity index is 1190. The van der Waals surface area contributed by atoms with Crippen LogP contribution in [-0.2, 0) is 11.2 Å². The van der Waals surface area contributed by atoms with E-state index in [0.717, 1.165) is 12.0 Å².